The molecule has 0 aliphatic heterocycles. The van der Waals surface area contributed by atoms with Gasteiger partial charge in [-0.3, -0.25) is 0 Å². The highest BCUT2D eigenvalue weighted by atomic mass is 35.5. The Bertz CT molecular complexity index is 555. The summed E-state index contributed by atoms with van der Waals surface area (Å²) in [7, 11) is 0. The summed E-state index contributed by atoms with van der Waals surface area (Å²) in [4.78, 5) is 0. The predicted octanol–water partition coefficient (Wildman–Crippen LogP) is 5.68. The maximum Gasteiger partial charge on any atom is 0.0447 e. The van der Waals surface area contributed by atoms with Crippen LogP contribution >= 0.6 is 11.6 Å². The maximum atomic E-state index is 6.53. The number of hydrogen-bond donors (Lipinski definition) is 0. The van der Waals surface area contributed by atoms with E-state index in [4.69, 9.17) is 11.6 Å². The molecule has 0 aromatic heterocycles. The molecule has 0 nitrogen and oxygen atoms in total. The van der Waals surface area contributed by atoms with Gasteiger partial charge >= 0.3 is 0 Å². The van der Waals surface area contributed by atoms with Crippen LogP contribution in [0, 0.1) is 0 Å². The molecule has 100 valence electrons. The third-order valence-electron chi connectivity index (χ3n) is 3.04. The van der Waals surface area contributed by atoms with Crippen LogP contribution in [0.3, 0.4) is 0 Å². The molecule has 0 radical (unpaired) electrons. The Kier molecular flexibility index (Phi) is 5.40. The molecular formula is C19H17Cl. The second kappa shape index (κ2) is 7.52. The van der Waals surface area contributed by atoms with Gasteiger partial charge in [0.1, 0.15) is 0 Å². The highest BCUT2D eigenvalue weighted by molar-refractivity contribution is 6.30. The summed E-state index contributed by atoms with van der Waals surface area (Å²) < 4.78 is 0. The summed E-state index contributed by atoms with van der Waals surface area (Å²) in [6.45, 7) is 3.66. The first-order valence-corrected chi connectivity index (χ1v) is 6.95. The van der Waals surface area contributed by atoms with E-state index in [1.54, 1.807) is 6.08 Å². The summed E-state index contributed by atoms with van der Waals surface area (Å²) in [5.74, 6) is 0.0635. The second-order valence-corrected chi connectivity index (χ2v) is 4.86. The number of rotatable bonds is 5. The quantitative estimate of drug-likeness (QED) is 0.618. The molecular weight excluding hydrogens is 264 g/mol. The van der Waals surface area contributed by atoms with Crippen molar-refractivity contribution in [1.29, 1.82) is 0 Å². The lowest BCUT2D eigenvalue weighted by atomic mass is 9.90. The van der Waals surface area contributed by atoms with Crippen molar-refractivity contribution < 1.29 is 0 Å². The van der Waals surface area contributed by atoms with Gasteiger partial charge in [0.2, 0.25) is 0 Å². The Morgan fingerprint density at radius 2 is 1.35 bits per heavy atom. The first-order valence-electron chi connectivity index (χ1n) is 6.57. The molecule has 0 atom stereocenters. The number of hydrogen-bond acceptors (Lipinski definition) is 0. The van der Waals surface area contributed by atoms with E-state index < -0.39 is 0 Å². The van der Waals surface area contributed by atoms with E-state index in [1.165, 1.54) is 11.1 Å². The van der Waals surface area contributed by atoms with Crippen molar-refractivity contribution in [3.8, 4) is 0 Å². The van der Waals surface area contributed by atoms with Crippen molar-refractivity contribution in [1.82, 2.24) is 0 Å². The Morgan fingerprint density at radius 3 is 1.80 bits per heavy atom. The summed E-state index contributed by atoms with van der Waals surface area (Å²) in [5.41, 5.74) is 2.37. The minimum atomic E-state index is 0.0635. The molecule has 0 saturated heterocycles. The van der Waals surface area contributed by atoms with Gasteiger partial charge in [-0.15, -0.1) is 0 Å². The maximum absolute atomic E-state index is 6.53. The zero-order valence-electron chi connectivity index (χ0n) is 11.2. The van der Waals surface area contributed by atoms with Gasteiger partial charge in [0.25, 0.3) is 0 Å². The summed E-state index contributed by atoms with van der Waals surface area (Å²) in [6, 6.07) is 20.6. The molecule has 0 bridgehead atoms. The second-order valence-electron chi connectivity index (χ2n) is 4.43. The molecule has 0 unspecified atom stereocenters. The van der Waals surface area contributed by atoms with Crippen molar-refractivity contribution in [3.05, 3.63) is 108 Å². The van der Waals surface area contributed by atoms with E-state index in [0.29, 0.717) is 0 Å². The highest BCUT2D eigenvalue weighted by Crippen LogP contribution is 2.33. The number of halogens is 1. The van der Waals surface area contributed by atoms with E-state index in [-0.39, 0.29) is 5.92 Å². The molecule has 0 aliphatic rings. The molecule has 0 aliphatic carbocycles. The fraction of sp³-hybridized carbons (Fsp3) is 0.0526. The minimum Gasteiger partial charge on any atom is -0.0991 e. The normalized spacial score (nSPS) is 12.0. The Morgan fingerprint density at radius 1 is 0.850 bits per heavy atom. The van der Waals surface area contributed by atoms with Gasteiger partial charge in [-0.1, -0.05) is 97.1 Å². The van der Waals surface area contributed by atoms with Crippen LogP contribution in [-0.2, 0) is 0 Å². The van der Waals surface area contributed by atoms with Gasteiger partial charge in [-0.25, -0.2) is 0 Å². The van der Waals surface area contributed by atoms with Crippen LogP contribution in [0.2, 0.25) is 0 Å². The SMILES string of the molecule is C=C/C=C\C=C(/Cl)C(c1ccccc1)c1ccccc1. The summed E-state index contributed by atoms with van der Waals surface area (Å²) in [5, 5.41) is 0.792. The van der Waals surface area contributed by atoms with E-state index in [2.05, 4.69) is 30.8 Å². The third kappa shape index (κ3) is 3.72. The van der Waals surface area contributed by atoms with Crippen LogP contribution in [0.25, 0.3) is 0 Å². The monoisotopic (exact) mass is 280 g/mol. The zero-order valence-corrected chi connectivity index (χ0v) is 12.0. The Labute approximate surface area is 125 Å². The van der Waals surface area contributed by atoms with Crippen LogP contribution in [0.1, 0.15) is 17.0 Å². The average molecular weight is 281 g/mol. The lowest BCUT2D eigenvalue weighted by Gasteiger charge is -2.17. The molecule has 2 aromatic carbocycles. The van der Waals surface area contributed by atoms with E-state index in [9.17, 15) is 0 Å². The number of benzene rings is 2. The van der Waals surface area contributed by atoms with Gasteiger partial charge < -0.3 is 0 Å². The van der Waals surface area contributed by atoms with Crippen molar-refractivity contribution in [2.45, 2.75) is 5.92 Å². The molecule has 0 saturated carbocycles. The lowest BCUT2D eigenvalue weighted by molar-refractivity contribution is 1.00. The first-order chi connectivity index (χ1) is 9.83. The summed E-state index contributed by atoms with van der Waals surface area (Å²) in [6.07, 6.45) is 7.44. The van der Waals surface area contributed by atoms with E-state index in [1.807, 2.05) is 54.6 Å². The smallest absolute Gasteiger partial charge is 0.0447 e. The fourth-order valence-electron chi connectivity index (χ4n) is 2.12. The molecule has 0 heterocycles. The van der Waals surface area contributed by atoms with Gasteiger partial charge in [0, 0.05) is 11.0 Å². The van der Waals surface area contributed by atoms with Gasteiger partial charge in [0.05, 0.1) is 0 Å². The van der Waals surface area contributed by atoms with Crippen LogP contribution < -0.4 is 0 Å². The molecule has 20 heavy (non-hydrogen) atoms. The van der Waals surface area contributed by atoms with E-state index >= 15 is 0 Å². The van der Waals surface area contributed by atoms with Crippen molar-refractivity contribution in [2.24, 2.45) is 0 Å². The largest absolute Gasteiger partial charge is 0.0991 e. The molecule has 0 fully saturated rings. The zero-order chi connectivity index (χ0) is 14.2. The van der Waals surface area contributed by atoms with Crippen molar-refractivity contribution in [2.75, 3.05) is 0 Å². The highest BCUT2D eigenvalue weighted by Gasteiger charge is 2.16. The van der Waals surface area contributed by atoms with Crippen molar-refractivity contribution >= 4 is 11.6 Å². The summed E-state index contributed by atoms with van der Waals surface area (Å²) >= 11 is 6.53. The van der Waals surface area contributed by atoms with Crippen LogP contribution in [0.4, 0.5) is 0 Å². The fourth-order valence-corrected chi connectivity index (χ4v) is 2.45. The van der Waals surface area contributed by atoms with Crippen LogP contribution in [0.5, 0.6) is 0 Å². The molecule has 0 amide bonds. The Hall–Kier alpha value is -2.05. The average Bonchev–Trinajstić information content (AvgIpc) is 2.50. The minimum absolute atomic E-state index is 0.0635. The van der Waals surface area contributed by atoms with Gasteiger partial charge in [-0.05, 0) is 17.2 Å². The molecule has 0 spiro atoms. The third-order valence-corrected chi connectivity index (χ3v) is 3.39. The first kappa shape index (κ1) is 14.4. The van der Waals surface area contributed by atoms with Gasteiger partial charge in [0.15, 0.2) is 0 Å². The molecule has 0 N–H and O–H groups in total. The predicted molar refractivity (Wildman–Crippen MR) is 88.0 cm³/mol. The molecule has 2 rings (SSSR count). The topological polar surface area (TPSA) is 0 Å². The standard InChI is InChI=1S/C19H17Cl/c1-2-3-6-15-18(20)19(16-11-7-4-8-12-16)17-13-9-5-10-14-17/h2-15,19H,1H2/b6-3-,18-15-. The van der Waals surface area contributed by atoms with E-state index in [0.717, 1.165) is 5.03 Å². The lowest BCUT2D eigenvalue weighted by Crippen LogP contribution is -2.01. The Balaban J connectivity index is 2.42. The molecule has 1 heteroatoms. The molecule has 2 aromatic rings. The van der Waals surface area contributed by atoms with Gasteiger partial charge in [-0.2, -0.15) is 0 Å². The van der Waals surface area contributed by atoms with Crippen LogP contribution in [-0.4, -0.2) is 0 Å². The van der Waals surface area contributed by atoms with Crippen molar-refractivity contribution in [3.63, 3.8) is 0 Å². The van der Waals surface area contributed by atoms with Crippen LogP contribution in [0.15, 0.2) is 96.6 Å². The number of allylic oxidation sites excluding steroid dienone is 5.